The number of hydrogen-bond donors (Lipinski definition) is 0. The first kappa shape index (κ1) is 12.9. The molecule has 0 aromatic carbocycles. The molecule has 3 saturated carbocycles. The minimum atomic E-state index is -1.37. The maximum atomic E-state index is 6.82. The predicted octanol–water partition coefficient (Wildman–Crippen LogP) is 4.48. The fourth-order valence-electron chi connectivity index (χ4n) is 5.30. The van der Waals surface area contributed by atoms with E-state index in [0.717, 1.165) is 6.42 Å². The smallest absolute Gasteiger partial charge is 0.166 e. The van der Waals surface area contributed by atoms with Crippen LogP contribution in [0.1, 0.15) is 6.42 Å². The lowest BCUT2D eigenvalue weighted by Gasteiger charge is -2.38. The van der Waals surface area contributed by atoms with Crippen molar-refractivity contribution in [3.05, 3.63) is 10.1 Å². The number of hydrogen-bond acceptors (Lipinski definition) is 1. The Labute approximate surface area is 140 Å². The van der Waals surface area contributed by atoms with E-state index < -0.39 is 14.1 Å². The lowest BCUT2D eigenvalue weighted by atomic mass is 9.73. The summed E-state index contributed by atoms with van der Waals surface area (Å²) in [7, 11) is 0. The van der Waals surface area contributed by atoms with Gasteiger partial charge in [-0.15, -0.1) is 23.2 Å². The summed E-state index contributed by atoms with van der Waals surface area (Å²) in [6.45, 7) is 0. The number of allylic oxidation sites excluding steroid dienone is 2. The summed E-state index contributed by atoms with van der Waals surface area (Å²) in [5, 5.41) is 0.642. The molecule has 1 nitrogen and oxygen atoms in total. The maximum Gasteiger partial charge on any atom is 0.166 e. The molecule has 5 rings (SSSR count). The summed E-state index contributed by atoms with van der Waals surface area (Å²) >= 11 is 39.5. The van der Waals surface area contributed by atoms with E-state index in [1.807, 2.05) is 0 Å². The van der Waals surface area contributed by atoms with Crippen molar-refractivity contribution in [2.24, 2.45) is 23.7 Å². The third-order valence-corrected chi connectivity index (χ3v) is 10.2. The van der Waals surface area contributed by atoms with Gasteiger partial charge in [0.05, 0.1) is 22.3 Å². The number of alkyl halides is 4. The third-order valence-electron chi connectivity index (χ3n) is 5.92. The van der Waals surface area contributed by atoms with Gasteiger partial charge in [-0.1, -0.05) is 46.4 Å². The van der Waals surface area contributed by atoms with Crippen LogP contribution in [0, 0.1) is 23.7 Å². The molecule has 19 heavy (non-hydrogen) atoms. The van der Waals surface area contributed by atoms with Crippen molar-refractivity contribution < 1.29 is 4.74 Å². The normalized spacial score (nSPS) is 66.6. The van der Waals surface area contributed by atoms with Gasteiger partial charge in [-0.05, 0) is 30.1 Å². The van der Waals surface area contributed by atoms with Crippen LogP contribution in [-0.2, 0) is 4.74 Å². The average Bonchev–Trinajstić information content (AvgIpc) is 2.91. The largest absolute Gasteiger partial charge is 0.369 e. The molecule has 5 aliphatic rings. The Kier molecular flexibility index (Phi) is 2.18. The number of rotatable bonds is 0. The van der Waals surface area contributed by atoms with Crippen LogP contribution in [-0.4, -0.2) is 26.3 Å². The molecule has 8 atom stereocenters. The van der Waals surface area contributed by atoms with Crippen LogP contribution >= 0.6 is 69.6 Å². The van der Waals surface area contributed by atoms with Gasteiger partial charge in [-0.2, -0.15) is 0 Å². The van der Waals surface area contributed by atoms with E-state index in [4.69, 9.17) is 74.3 Å². The van der Waals surface area contributed by atoms with E-state index in [9.17, 15) is 0 Å². The molecule has 104 valence electrons. The minimum absolute atomic E-state index is 0.0467. The summed E-state index contributed by atoms with van der Waals surface area (Å²) in [5.41, 5.74) is 0. The van der Waals surface area contributed by atoms with Crippen LogP contribution in [0.2, 0.25) is 0 Å². The van der Waals surface area contributed by atoms with Gasteiger partial charge in [-0.25, -0.2) is 0 Å². The van der Waals surface area contributed by atoms with Gasteiger partial charge in [0.1, 0.15) is 9.75 Å². The number of ether oxygens (including phenoxy) is 1. The van der Waals surface area contributed by atoms with E-state index >= 15 is 0 Å². The molecule has 0 aromatic rings. The van der Waals surface area contributed by atoms with Gasteiger partial charge in [0, 0.05) is 0 Å². The topological polar surface area (TPSA) is 12.5 Å². The van der Waals surface area contributed by atoms with Gasteiger partial charge in [-0.3, -0.25) is 0 Å². The molecule has 1 saturated heterocycles. The maximum absolute atomic E-state index is 6.82. The Hall–Kier alpha value is 1.44. The minimum Gasteiger partial charge on any atom is -0.369 e. The third kappa shape index (κ3) is 0.986. The standard InChI is InChI=1S/C12H8Cl6O/c13-8-9(14)11(16)5-3-1-2(6-7(3)19-6)4(5)10(8,15)12(11,17)18/h2-7H,1H2/t2-,3+,4+,5-,6?,7?,10+,11-. The molecular formula is C12H8Cl6O. The molecule has 0 amide bonds. The molecular weight excluding hydrogens is 373 g/mol. The molecule has 0 N–H and O–H groups in total. The fraction of sp³-hybridized carbons (Fsp3) is 0.833. The van der Waals surface area contributed by atoms with E-state index in [2.05, 4.69) is 0 Å². The van der Waals surface area contributed by atoms with Crippen LogP contribution < -0.4 is 0 Å². The predicted molar refractivity (Wildman–Crippen MR) is 77.6 cm³/mol. The zero-order chi connectivity index (χ0) is 13.5. The number of halogens is 6. The van der Waals surface area contributed by atoms with Crippen molar-refractivity contribution in [2.75, 3.05) is 0 Å². The first-order valence-corrected chi connectivity index (χ1v) is 8.52. The zero-order valence-corrected chi connectivity index (χ0v) is 13.9. The SMILES string of the molecule is ClC1=C(Cl)[C@]2(Cl)[C@H]3[C@H]([C@H]4C[C@@H]3C3OC34)[C@@]1(Cl)C2(Cl)Cl. The first-order chi connectivity index (χ1) is 8.78. The Balaban J connectivity index is 1.80. The Morgan fingerprint density at radius 3 is 1.68 bits per heavy atom. The van der Waals surface area contributed by atoms with E-state index in [-0.39, 0.29) is 24.0 Å². The summed E-state index contributed by atoms with van der Waals surface area (Å²) in [5.74, 6) is 0.776. The summed E-state index contributed by atoms with van der Waals surface area (Å²) in [4.78, 5) is -2.17. The van der Waals surface area contributed by atoms with Crippen molar-refractivity contribution >= 4 is 69.6 Å². The van der Waals surface area contributed by atoms with Gasteiger partial charge in [0.15, 0.2) is 4.33 Å². The van der Waals surface area contributed by atoms with Crippen LogP contribution in [0.25, 0.3) is 0 Å². The fourth-order valence-corrected chi connectivity index (χ4v) is 8.43. The molecule has 4 bridgehead atoms. The molecule has 1 heterocycles. The van der Waals surface area contributed by atoms with Gasteiger partial charge >= 0.3 is 0 Å². The molecule has 0 aromatic heterocycles. The highest BCUT2D eigenvalue weighted by atomic mass is 35.5. The second kappa shape index (κ2) is 3.20. The lowest BCUT2D eigenvalue weighted by molar-refractivity contribution is 0.237. The molecule has 4 aliphatic carbocycles. The Morgan fingerprint density at radius 1 is 0.842 bits per heavy atom. The van der Waals surface area contributed by atoms with Crippen LogP contribution in [0.5, 0.6) is 0 Å². The molecule has 7 heteroatoms. The van der Waals surface area contributed by atoms with Crippen LogP contribution in [0.3, 0.4) is 0 Å². The summed E-state index contributed by atoms with van der Waals surface area (Å²) in [6, 6.07) is 0. The van der Waals surface area contributed by atoms with Crippen molar-refractivity contribution in [3.8, 4) is 0 Å². The molecule has 4 fully saturated rings. The summed E-state index contributed by atoms with van der Waals surface area (Å²) < 4.78 is 4.35. The van der Waals surface area contributed by atoms with Crippen molar-refractivity contribution in [2.45, 2.75) is 32.7 Å². The summed E-state index contributed by atoms with van der Waals surface area (Å²) in [6.07, 6.45) is 1.63. The highest BCUT2D eigenvalue weighted by Crippen LogP contribution is 2.84. The average molecular weight is 381 g/mol. The van der Waals surface area contributed by atoms with Crippen LogP contribution in [0.15, 0.2) is 10.1 Å². The molecule has 2 unspecified atom stereocenters. The van der Waals surface area contributed by atoms with E-state index in [1.165, 1.54) is 0 Å². The number of fused-ring (bicyclic) bond motifs is 12. The lowest BCUT2D eigenvalue weighted by Crippen LogP contribution is -2.46. The molecule has 0 radical (unpaired) electrons. The first-order valence-electron chi connectivity index (χ1n) is 6.25. The van der Waals surface area contributed by atoms with Gasteiger partial charge in [0.2, 0.25) is 0 Å². The highest BCUT2D eigenvalue weighted by Gasteiger charge is 2.89. The quantitative estimate of drug-likeness (QED) is 0.343. The highest BCUT2D eigenvalue weighted by molar-refractivity contribution is 6.65. The van der Waals surface area contributed by atoms with Crippen molar-refractivity contribution in [1.29, 1.82) is 0 Å². The van der Waals surface area contributed by atoms with Gasteiger partial charge in [0.25, 0.3) is 0 Å². The second-order valence-electron chi connectivity index (χ2n) is 6.31. The Bertz CT molecular complexity index is 516. The van der Waals surface area contributed by atoms with Crippen molar-refractivity contribution in [3.63, 3.8) is 0 Å². The second-order valence-corrected chi connectivity index (χ2v) is 9.58. The van der Waals surface area contributed by atoms with Crippen molar-refractivity contribution in [1.82, 2.24) is 0 Å². The zero-order valence-electron chi connectivity index (χ0n) is 9.35. The van der Waals surface area contributed by atoms with Gasteiger partial charge < -0.3 is 4.74 Å². The monoisotopic (exact) mass is 378 g/mol. The molecule has 0 spiro atoms. The van der Waals surface area contributed by atoms with Crippen LogP contribution in [0.4, 0.5) is 0 Å². The Morgan fingerprint density at radius 2 is 1.26 bits per heavy atom. The molecule has 1 aliphatic heterocycles. The van der Waals surface area contributed by atoms with E-state index in [0.29, 0.717) is 21.9 Å². The van der Waals surface area contributed by atoms with E-state index in [1.54, 1.807) is 0 Å². The number of epoxide rings is 1.